The standard InChI is InChI=1S/C27H26N2O2/c30-26-13-5-10-23-24(26)11-4-12-25(23)28-27(31)16-17-29(21-14-15-21)18-20-8-3-7-19-6-1-2-9-22(19)20/h1-13,21,30H,14-18H2,(H,28,31). The summed E-state index contributed by atoms with van der Waals surface area (Å²) in [5.74, 6) is 0.225. The highest BCUT2D eigenvalue weighted by Gasteiger charge is 2.29. The molecule has 0 heterocycles. The average Bonchev–Trinajstić information content (AvgIpc) is 3.63. The zero-order valence-electron chi connectivity index (χ0n) is 17.4. The number of amides is 1. The van der Waals surface area contributed by atoms with Gasteiger partial charge in [-0.25, -0.2) is 0 Å². The Balaban J connectivity index is 1.28. The van der Waals surface area contributed by atoms with E-state index in [0.29, 0.717) is 12.5 Å². The van der Waals surface area contributed by atoms with E-state index in [2.05, 4.69) is 52.7 Å². The normalized spacial score (nSPS) is 13.7. The van der Waals surface area contributed by atoms with Crippen LogP contribution in [0.25, 0.3) is 21.5 Å². The van der Waals surface area contributed by atoms with Crippen LogP contribution in [0.5, 0.6) is 5.75 Å². The largest absolute Gasteiger partial charge is 0.507 e. The summed E-state index contributed by atoms with van der Waals surface area (Å²) in [6.07, 6.45) is 2.85. The lowest BCUT2D eigenvalue weighted by atomic mass is 10.0. The van der Waals surface area contributed by atoms with E-state index in [0.717, 1.165) is 29.5 Å². The highest BCUT2D eigenvalue weighted by Crippen LogP contribution is 2.31. The van der Waals surface area contributed by atoms with Crippen molar-refractivity contribution >= 4 is 33.1 Å². The molecule has 0 bridgehead atoms. The van der Waals surface area contributed by atoms with Gasteiger partial charge in [0.15, 0.2) is 0 Å². The molecular formula is C27H26N2O2. The number of nitrogens with one attached hydrogen (secondary N) is 1. The number of nitrogens with zero attached hydrogens (tertiary/aromatic N) is 1. The Bertz CT molecular complexity index is 1240. The molecule has 1 fully saturated rings. The fourth-order valence-corrected chi connectivity index (χ4v) is 4.34. The second kappa shape index (κ2) is 8.40. The van der Waals surface area contributed by atoms with Gasteiger partial charge in [-0.2, -0.15) is 0 Å². The number of benzene rings is 4. The zero-order chi connectivity index (χ0) is 21.2. The Morgan fingerprint density at radius 2 is 1.58 bits per heavy atom. The van der Waals surface area contributed by atoms with Crippen molar-refractivity contribution in [2.24, 2.45) is 0 Å². The highest BCUT2D eigenvalue weighted by molar-refractivity contribution is 6.03. The van der Waals surface area contributed by atoms with Crippen LogP contribution in [0, 0.1) is 0 Å². The SMILES string of the molecule is O=C(CCN(Cc1cccc2ccccc12)C1CC1)Nc1cccc2c(O)cccc12. The minimum atomic E-state index is -0.000544. The third-order valence-electron chi connectivity index (χ3n) is 6.12. The molecule has 4 nitrogen and oxygen atoms in total. The molecule has 31 heavy (non-hydrogen) atoms. The van der Waals surface area contributed by atoms with Gasteiger partial charge in [0, 0.05) is 42.0 Å². The van der Waals surface area contributed by atoms with Gasteiger partial charge in [0.05, 0.1) is 0 Å². The van der Waals surface area contributed by atoms with E-state index in [4.69, 9.17) is 0 Å². The lowest BCUT2D eigenvalue weighted by Gasteiger charge is -2.23. The molecule has 1 aliphatic rings. The molecule has 1 aliphatic carbocycles. The van der Waals surface area contributed by atoms with E-state index in [9.17, 15) is 9.90 Å². The number of anilines is 1. The lowest BCUT2D eigenvalue weighted by Crippen LogP contribution is -2.29. The van der Waals surface area contributed by atoms with Crippen LogP contribution in [-0.2, 0) is 11.3 Å². The fourth-order valence-electron chi connectivity index (χ4n) is 4.34. The molecule has 4 aromatic rings. The first-order chi connectivity index (χ1) is 15.2. The maximum absolute atomic E-state index is 12.8. The van der Waals surface area contributed by atoms with Gasteiger partial charge in [0.25, 0.3) is 0 Å². The van der Waals surface area contributed by atoms with Crippen molar-refractivity contribution in [3.8, 4) is 5.75 Å². The smallest absolute Gasteiger partial charge is 0.225 e. The molecular weight excluding hydrogens is 384 g/mol. The summed E-state index contributed by atoms with van der Waals surface area (Å²) in [7, 11) is 0. The molecule has 5 rings (SSSR count). The lowest BCUT2D eigenvalue weighted by molar-refractivity contribution is -0.116. The Kier molecular flexibility index (Phi) is 5.31. The third-order valence-corrected chi connectivity index (χ3v) is 6.12. The van der Waals surface area contributed by atoms with Gasteiger partial charge in [-0.15, -0.1) is 0 Å². The van der Waals surface area contributed by atoms with E-state index in [1.54, 1.807) is 12.1 Å². The molecule has 0 aromatic heterocycles. The van der Waals surface area contributed by atoms with E-state index < -0.39 is 0 Å². The molecule has 0 aliphatic heterocycles. The fraction of sp³-hybridized carbons (Fsp3) is 0.222. The molecule has 0 unspecified atom stereocenters. The summed E-state index contributed by atoms with van der Waals surface area (Å²) in [5.41, 5.74) is 2.06. The number of carbonyl (C=O) groups is 1. The first-order valence-electron chi connectivity index (χ1n) is 10.9. The quantitative estimate of drug-likeness (QED) is 0.411. The molecule has 0 atom stereocenters. The Morgan fingerprint density at radius 1 is 0.871 bits per heavy atom. The summed E-state index contributed by atoms with van der Waals surface area (Å²) in [6, 6.07) is 26.5. The van der Waals surface area contributed by atoms with Crippen LogP contribution in [0.2, 0.25) is 0 Å². The molecule has 4 aromatic carbocycles. The van der Waals surface area contributed by atoms with Crippen LogP contribution < -0.4 is 5.32 Å². The highest BCUT2D eigenvalue weighted by atomic mass is 16.3. The number of hydrogen-bond donors (Lipinski definition) is 2. The summed E-state index contributed by atoms with van der Waals surface area (Å²) < 4.78 is 0. The zero-order valence-corrected chi connectivity index (χ0v) is 17.4. The van der Waals surface area contributed by atoms with Crippen LogP contribution >= 0.6 is 0 Å². The van der Waals surface area contributed by atoms with Gasteiger partial charge >= 0.3 is 0 Å². The minimum Gasteiger partial charge on any atom is -0.507 e. The predicted molar refractivity (Wildman–Crippen MR) is 126 cm³/mol. The van der Waals surface area contributed by atoms with Gasteiger partial charge in [0.1, 0.15) is 5.75 Å². The summed E-state index contributed by atoms with van der Waals surface area (Å²) >= 11 is 0. The van der Waals surface area contributed by atoms with Crippen molar-refractivity contribution in [3.05, 3.63) is 84.4 Å². The summed E-state index contributed by atoms with van der Waals surface area (Å²) in [4.78, 5) is 15.2. The van der Waals surface area contributed by atoms with Crippen LogP contribution in [0.15, 0.2) is 78.9 Å². The number of hydrogen-bond acceptors (Lipinski definition) is 3. The number of fused-ring (bicyclic) bond motifs is 2. The molecule has 156 valence electrons. The monoisotopic (exact) mass is 410 g/mol. The van der Waals surface area contributed by atoms with Gasteiger partial charge in [-0.05, 0) is 41.3 Å². The number of phenolic OH excluding ortho intramolecular Hbond substituents is 1. The van der Waals surface area contributed by atoms with E-state index in [-0.39, 0.29) is 11.7 Å². The van der Waals surface area contributed by atoms with Crippen LogP contribution in [0.3, 0.4) is 0 Å². The van der Waals surface area contributed by atoms with Gasteiger partial charge in [-0.3, -0.25) is 9.69 Å². The summed E-state index contributed by atoms with van der Waals surface area (Å²) in [6.45, 7) is 1.59. The van der Waals surface area contributed by atoms with Crippen molar-refractivity contribution in [2.45, 2.75) is 31.8 Å². The first-order valence-corrected chi connectivity index (χ1v) is 10.9. The molecule has 1 amide bonds. The minimum absolute atomic E-state index is 0.000544. The van der Waals surface area contributed by atoms with Crippen molar-refractivity contribution in [2.75, 3.05) is 11.9 Å². The Hall–Kier alpha value is -3.37. The number of carbonyl (C=O) groups excluding carboxylic acids is 1. The maximum Gasteiger partial charge on any atom is 0.225 e. The van der Waals surface area contributed by atoms with Crippen molar-refractivity contribution in [1.29, 1.82) is 0 Å². The van der Waals surface area contributed by atoms with Crippen LogP contribution in [-0.4, -0.2) is 28.5 Å². The number of aromatic hydroxyl groups is 1. The average molecular weight is 411 g/mol. The summed E-state index contributed by atoms with van der Waals surface area (Å²) in [5, 5.41) is 17.3. The van der Waals surface area contributed by atoms with E-state index in [1.165, 1.54) is 29.2 Å². The van der Waals surface area contributed by atoms with Gasteiger partial charge < -0.3 is 10.4 Å². The van der Waals surface area contributed by atoms with Crippen LogP contribution in [0.4, 0.5) is 5.69 Å². The van der Waals surface area contributed by atoms with E-state index >= 15 is 0 Å². The van der Waals surface area contributed by atoms with Crippen molar-refractivity contribution < 1.29 is 9.90 Å². The number of phenols is 1. The van der Waals surface area contributed by atoms with Crippen molar-refractivity contribution in [1.82, 2.24) is 4.90 Å². The molecule has 0 saturated heterocycles. The predicted octanol–water partition coefficient (Wildman–Crippen LogP) is 5.69. The Morgan fingerprint density at radius 3 is 2.45 bits per heavy atom. The van der Waals surface area contributed by atoms with Gasteiger partial charge in [0.2, 0.25) is 5.91 Å². The third kappa shape index (κ3) is 4.25. The molecule has 4 heteroatoms. The van der Waals surface area contributed by atoms with Crippen LogP contribution in [0.1, 0.15) is 24.8 Å². The Labute approximate surface area is 182 Å². The van der Waals surface area contributed by atoms with Crippen molar-refractivity contribution in [3.63, 3.8) is 0 Å². The molecule has 2 N–H and O–H groups in total. The maximum atomic E-state index is 12.8. The molecule has 0 radical (unpaired) electrons. The molecule has 1 saturated carbocycles. The van der Waals surface area contributed by atoms with Gasteiger partial charge in [-0.1, -0.05) is 66.7 Å². The topological polar surface area (TPSA) is 52.6 Å². The van der Waals surface area contributed by atoms with E-state index in [1.807, 2.05) is 24.3 Å². The second-order valence-electron chi connectivity index (χ2n) is 8.32. The second-order valence-corrected chi connectivity index (χ2v) is 8.32. The molecule has 0 spiro atoms. The first kappa shape index (κ1) is 19.6. The number of rotatable bonds is 7.